The van der Waals surface area contributed by atoms with Gasteiger partial charge in [-0.3, -0.25) is 86.3 Å². The fourth-order valence-electron chi connectivity index (χ4n) is 10.8. The van der Waals surface area contributed by atoms with E-state index in [1.54, 1.807) is 30.3 Å². The van der Waals surface area contributed by atoms with E-state index < -0.39 is 229 Å². The number of carbonyl (C=O) groups is 18. The summed E-state index contributed by atoms with van der Waals surface area (Å²) in [6, 6.07) is -12.7. The number of benzene rings is 1. The monoisotopic (exact) mass is 1530 g/mol. The number of aliphatic carboxylic acids is 4. The van der Waals surface area contributed by atoms with Crippen molar-refractivity contribution in [2.24, 2.45) is 22.9 Å². The van der Waals surface area contributed by atoms with Crippen LogP contribution in [0.3, 0.4) is 0 Å². The van der Waals surface area contributed by atoms with Crippen molar-refractivity contribution in [1.82, 2.24) is 74.0 Å². The van der Waals surface area contributed by atoms with Crippen molar-refractivity contribution >= 4 is 107 Å². The van der Waals surface area contributed by atoms with Crippen molar-refractivity contribution in [3.63, 3.8) is 0 Å². The van der Waals surface area contributed by atoms with Crippen LogP contribution in [0.25, 0.3) is 0 Å². The van der Waals surface area contributed by atoms with Crippen LogP contribution >= 0.6 is 0 Å². The Balaban J connectivity index is 2.31. The number of carbonyl (C=O) groups excluding carboxylic acids is 14. The lowest BCUT2D eigenvalue weighted by Crippen LogP contribution is -2.60. The second-order valence-corrected chi connectivity index (χ2v) is 26.5. The Morgan fingerprint density at radius 2 is 0.676 bits per heavy atom. The molecule has 1 fully saturated rings. The van der Waals surface area contributed by atoms with E-state index in [0.29, 0.717) is 37.7 Å². The molecule has 14 amide bonds. The molecule has 604 valence electrons. The zero-order chi connectivity index (χ0) is 81.5. The van der Waals surface area contributed by atoms with Gasteiger partial charge in [-0.15, -0.1) is 0 Å². The first-order valence-corrected chi connectivity index (χ1v) is 35.9. The summed E-state index contributed by atoms with van der Waals surface area (Å²) in [5.74, 6) is -18.1. The first kappa shape index (κ1) is 93.6. The van der Waals surface area contributed by atoms with E-state index in [4.69, 9.17) is 28.0 Å². The second-order valence-electron chi connectivity index (χ2n) is 26.5. The van der Waals surface area contributed by atoms with E-state index in [2.05, 4.69) is 69.1 Å². The number of carboxylic acid groups (broad SMARTS) is 4. The number of rotatable bonds is 51. The predicted octanol–water partition coefficient (Wildman–Crippen LogP) is -5.94. The van der Waals surface area contributed by atoms with Gasteiger partial charge in [0.1, 0.15) is 84.6 Å². The maximum Gasteiger partial charge on any atom is 0.325 e. The van der Waals surface area contributed by atoms with Crippen LogP contribution in [0.5, 0.6) is 0 Å². The SMILES string of the molecule is C[C@H](NC(=O)[C@@H]1CCCN1C(=O)[C@H](C)NC(=O)[C@H](C)NC(=O)[C@H](C)NC(=O)[C@H](C)NC(=O)[C@H](CCCCN)NC(=O)[C@H](Cc1ccccc1)NC(=O)[C@H](C)NC(=O)[C@H](CCC(=O)O)NC(=O)[C@H](CCC(=O)O)NC(=O)[C@H](CCCCN)NC(=O)[C@H](C)NC(=O)[C@H](CCCCN)NC(=O)[C@@H](N)CCC(=O)O)C(=O)O. The van der Waals surface area contributed by atoms with Crippen LogP contribution in [0.1, 0.15) is 163 Å². The Morgan fingerprint density at radius 1 is 0.370 bits per heavy atom. The molecule has 1 aromatic rings. The fourth-order valence-corrected chi connectivity index (χ4v) is 10.8. The minimum atomic E-state index is -1.81. The molecule has 40 nitrogen and oxygen atoms in total. The molecular weight excluding hydrogens is 1420 g/mol. The Kier molecular flexibility index (Phi) is 42.2. The van der Waals surface area contributed by atoms with Gasteiger partial charge in [0.25, 0.3) is 0 Å². The Hall–Kier alpha value is -10.5. The highest BCUT2D eigenvalue weighted by molar-refractivity contribution is 6.00. The molecule has 1 aliphatic heterocycles. The van der Waals surface area contributed by atoms with E-state index in [9.17, 15) is 102 Å². The lowest BCUT2D eigenvalue weighted by molar-refractivity contribution is -0.144. The highest BCUT2D eigenvalue weighted by Crippen LogP contribution is 2.20. The van der Waals surface area contributed by atoms with Gasteiger partial charge in [-0.05, 0) is 164 Å². The van der Waals surface area contributed by atoms with Gasteiger partial charge < -0.3 is 117 Å². The molecule has 1 saturated heterocycles. The zero-order valence-electron chi connectivity index (χ0n) is 62.0. The molecule has 40 heteroatoms. The van der Waals surface area contributed by atoms with Gasteiger partial charge >= 0.3 is 23.9 Å². The number of amides is 14. The van der Waals surface area contributed by atoms with Gasteiger partial charge in [0.05, 0.1) is 6.04 Å². The molecule has 108 heavy (non-hydrogen) atoms. The van der Waals surface area contributed by atoms with Crippen molar-refractivity contribution in [2.45, 2.75) is 255 Å². The van der Waals surface area contributed by atoms with Crippen LogP contribution in [-0.4, -0.2) is 249 Å². The number of carboxylic acids is 4. The highest BCUT2D eigenvalue weighted by atomic mass is 16.4. The van der Waals surface area contributed by atoms with Crippen molar-refractivity contribution < 1.29 is 107 Å². The lowest BCUT2D eigenvalue weighted by atomic mass is 10.0. The third-order valence-electron chi connectivity index (χ3n) is 17.3. The normalized spacial score (nSPS) is 16.3. The third-order valence-corrected chi connectivity index (χ3v) is 17.3. The van der Waals surface area contributed by atoms with Gasteiger partial charge in [-0.25, -0.2) is 0 Å². The van der Waals surface area contributed by atoms with Crippen molar-refractivity contribution in [1.29, 1.82) is 0 Å². The van der Waals surface area contributed by atoms with E-state index in [1.807, 2.05) is 0 Å². The smallest absolute Gasteiger partial charge is 0.325 e. The van der Waals surface area contributed by atoms with Gasteiger partial charge in [0.2, 0.25) is 82.7 Å². The molecule has 0 spiro atoms. The van der Waals surface area contributed by atoms with Crippen LogP contribution in [-0.2, 0) is 92.7 Å². The number of unbranched alkanes of at least 4 members (excludes halogenated alkanes) is 3. The predicted molar refractivity (Wildman–Crippen MR) is 385 cm³/mol. The van der Waals surface area contributed by atoms with Crippen molar-refractivity contribution in [2.75, 3.05) is 26.2 Å². The lowest BCUT2D eigenvalue weighted by Gasteiger charge is -2.28. The molecule has 1 aromatic carbocycles. The van der Waals surface area contributed by atoms with Crippen LogP contribution in [0.2, 0.25) is 0 Å². The zero-order valence-corrected chi connectivity index (χ0v) is 62.0. The summed E-state index contributed by atoms with van der Waals surface area (Å²) in [6.07, 6.45) is -1.21. The largest absolute Gasteiger partial charge is 0.481 e. The Labute approximate surface area is 624 Å². The first-order chi connectivity index (χ1) is 50.8. The van der Waals surface area contributed by atoms with Gasteiger partial charge in [0, 0.05) is 32.2 Å². The van der Waals surface area contributed by atoms with Crippen molar-refractivity contribution in [3.05, 3.63) is 35.9 Å². The molecule has 0 saturated carbocycles. The second kappa shape index (κ2) is 48.7. The average Bonchev–Trinajstić information content (AvgIpc) is 1.75. The number of nitrogens with two attached hydrogens (primary N) is 4. The Morgan fingerprint density at radius 3 is 1.05 bits per heavy atom. The average molecular weight is 1530 g/mol. The summed E-state index contributed by atoms with van der Waals surface area (Å²) in [5.41, 5.74) is 23.4. The maximum absolute atomic E-state index is 14.4. The standard InChI is InChI=1S/C68H110N18O22/c1-35(54(93)74-36(2)56(95)78-40(6)67(106)86-33-17-23-50(86)66(105)79-41(7)68(107)108)73-55(94)37(3)75-61(100)45(21-12-15-31-70)82-65(104)49(34-42-18-9-8-10-19-42)85-58(97)39(5)77-62(101)47(25-28-52(89)90)83-64(103)48(26-29-53(91)92)84-63(102)46(22-13-16-32-71)80-57(96)38(4)76-60(99)44(20-11-14-30-69)81-59(98)43(72)24-27-51(87)88/h8-10,18-19,35-41,43-50H,11-17,20-34,69-72H2,1-7H3,(H,73,94)(H,74,93)(H,75,100)(H,76,99)(H,77,101)(H,78,95)(H,79,105)(H,80,96)(H,81,98)(H,82,104)(H,83,103)(H,84,102)(H,85,97)(H,87,88)(H,89,90)(H,91,92)(H,107,108)/t35-,36-,37-,38-,39-,40-,41-,43-,44-,45-,46-,47-,48-,49-,50-/m0/s1. The van der Waals surface area contributed by atoms with Gasteiger partial charge in [-0.2, -0.15) is 0 Å². The third kappa shape index (κ3) is 34.4. The minimum absolute atomic E-state index is 0.0345. The molecule has 25 N–H and O–H groups in total. The molecule has 0 unspecified atom stereocenters. The molecule has 0 aliphatic carbocycles. The number of likely N-dealkylation sites (tertiary alicyclic amines) is 1. The highest BCUT2D eigenvalue weighted by Gasteiger charge is 2.39. The number of nitrogens with one attached hydrogen (secondary N) is 13. The topological polar surface area (TPSA) is 652 Å². The first-order valence-electron chi connectivity index (χ1n) is 35.9. The summed E-state index contributed by atoms with van der Waals surface area (Å²) >= 11 is 0. The maximum atomic E-state index is 14.4. The van der Waals surface area contributed by atoms with Crippen LogP contribution in [0.15, 0.2) is 30.3 Å². The van der Waals surface area contributed by atoms with Gasteiger partial charge in [-0.1, -0.05) is 30.3 Å². The molecule has 15 atom stereocenters. The summed E-state index contributed by atoms with van der Waals surface area (Å²) < 4.78 is 0. The summed E-state index contributed by atoms with van der Waals surface area (Å²) in [6.45, 7) is 9.66. The molecular formula is C68H110N18O22. The van der Waals surface area contributed by atoms with Crippen LogP contribution < -0.4 is 92.1 Å². The van der Waals surface area contributed by atoms with E-state index in [0.717, 1.165) is 0 Å². The van der Waals surface area contributed by atoms with Gasteiger partial charge in [0.15, 0.2) is 0 Å². The number of nitrogens with zero attached hydrogens (tertiary/aromatic N) is 1. The number of hydrogen-bond donors (Lipinski definition) is 21. The van der Waals surface area contributed by atoms with E-state index >= 15 is 0 Å². The fraction of sp³-hybridized carbons (Fsp3) is 0.647. The van der Waals surface area contributed by atoms with E-state index in [-0.39, 0.29) is 77.5 Å². The summed E-state index contributed by atoms with van der Waals surface area (Å²) in [4.78, 5) is 239. The molecule has 2 rings (SSSR count). The Bertz CT molecular complexity index is 3280. The molecule has 1 heterocycles. The van der Waals surface area contributed by atoms with Crippen LogP contribution in [0.4, 0.5) is 0 Å². The molecule has 0 bridgehead atoms. The van der Waals surface area contributed by atoms with Crippen LogP contribution in [0, 0.1) is 0 Å². The van der Waals surface area contributed by atoms with Crippen molar-refractivity contribution in [3.8, 4) is 0 Å². The summed E-state index contributed by atoms with van der Waals surface area (Å²) in [5, 5.41) is 69.4. The molecule has 1 aliphatic rings. The quantitative estimate of drug-likeness (QED) is 0.0270. The minimum Gasteiger partial charge on any atom is -0.481 e. The molecule has 0 aromatic heterocycles. The molecule has 0 radical (unpaired) electrons. The van der Waals surface area contributed by atoms with E-state index in [1.165, 1.54) is 53.4 Å². The number of hydrogen-bond acceptors (Lipinski definition) is 22. The summed E-state index contributed by atoms with van der Waals surface area (Å²) in [7, 11) is 0.